The Hall–Kier alpha value is -1.97. The van der Waals surface area contributed by atoms with Gasteiger partial charge in [0.2, 0.25) is 0 Å². The Labute approximate surface area is 94.1 Å². The highest BCUT2D eigenvalue weighted by Gasteiger charge is 2.08. The predicted molar refractivity (Wildman–Crippen MR) is 61.5 cm³/mol. The molecule has 0 fully saturated rings. The van der Waals surface area contributed by atoms with Gasteiger partial charge in [-0.2, -0.15) is 4.98 Å². The topological polar surface area (TPSA) is 61.3 Å². The van der Waals surface area contributed by atoms with Crippen LogP contribution in [0, 0.1) is 6.92 Å². The zero-order valence-corrected chi connectivity index (χ0v) is 9.36. The summed E-state index contributed by atoms with van der Waals surface area (Å²) in [4.78, 5) is 4.03. The Kier molecular flexibility index (Phi) is 2.81. The Morgan fingerprint density at radius 1 is 1.44 bits per heavy atom. The van der Waals surface area contributed by atoms with E-state index in [0.717, 1.165) is 22.8 Å². The van der Waals surface area contributed by atoms with Crippen molar-refractivity contribution in [2.45, 2.75) is 13.3 Å². The Morgan fingerprint density at radius 3 is 2.88 bits per heavy atom. The fourth-order valence-corrected chi connectivity index (χ4v) is 1.58. The third-order valence-corrected chi connectivity index (χ3v) is 2.41. The van der Waals surface area contributed by atoms with Crippen LogP contribution < -0.4 is 10.5 Å². The van der Waals surface area contributed by atoms with Crippen molar-refractivity contribution < 1.29 is 9.15 Å². The highest BCUT2D eigenvalue weighted by Crippen LogP contribution is 2.19. The maximum absolute atomic E-state index is 5.49. The SMILES string of the molecule is COc1cccc(Cc2oc(N)nc2C)c1. The number of hydrogen-bond donors (Lipinski definition) is 1. The highest BCUT2D eigenvalue weighted by atomic mass is 16.5. The zero-order chi connectivity index (χ0) is 11.5. The molecule has 0 saturated carbocycles. The third-order valence-electron chi connectivity index (χ3n) is 2.41. The normalized spacial score (nSPS) is 10.4. The molecule has 0 atom stereocenters. The van der Waals surface area contributed by atoms with Gasteiger partial charge >= 0.3 is 0 Å². The van der Waals surface area contributed by atoms with Gasteiger partial charge in [0, 0.05) is 6.42 Å². The van der Waals surface area contributed by atoms with Crippen molar-refractivity contribution in [3.63, 3.8) is 0 Å². The molecule has 0 aliphatic heterocycles. The number of oxazole rings is 1. The molecule has 0 spiro atoms. The summed E-state index contributed by atoms with van der Waals surface area (Å²) in [7, 11) is 1.65. The molecular formula is C12H14N2O2. The monoisotopic (exact) mass is 218 g/mol. The fourth-order valence-electron chi connectivity index (χ4n) is 1.58. The lowest BCUT2D eigenvalue weighted by Gasteiger charge is -2.02. The number of ether oxygens (including phenoxy) is 1. The van der Waals surface area contributed by atoms with E-state index < -0.39 is 0 Å². The van der Waals surface area contributed by atoms with Crippen molar-refractivity contribution in [1.82, 2.24) is 4.98 Å². The third kappa shape index (κ3) is 2.16. The van der Waals surface area contributed by atoms with Crippen molar-refractivity contribution in [3.8, 4) is 5.75 Å². The van der Waals surface area contributed by atoms with Crippen LogP contribution in [0.25, 0.3) is 0 Å². The number of aromatic nitrogens is 1. The molecule has 1 aromatic heterocycles. The second-order valence-electron chi connectivity index (χ2n) is 3.59. The van der Waals surface area contributed by atoms with Gasteiger partial charge in [0.25, 0.3) is 6.01 Å². The maximum atomic E-state index is 5.49. The first-order chi connectivity index (χ1) is 7.69. The van der Waals surface area contributed by atoms with E-state index in [1.165, 1.54) is 0 Å². The second kappa shape index (κ2) is 4.26. The predicted octanol–water partition coefficient (Wildman–Crippen LogP) is 2.16. The first kappa shape index (κ1) is 10.5. The Balaban J connectivity index is 2.23. The van der Waals surface area contributed by atoms with Crippen molar-refractivity contribution in [2.24, 2.45) is 0 Å². The van der Waals surface area contributed by atoms with Gasteiger partial charge in [-0.3, -0.25) is 0 Å². The van der Waals surface area contributed by atoms with Crippen molar-refractivity contribution in [3.05, 3.63) is 41.3 Å². The summed E-state index contributed by atoms with van der Waals surface area (Å²) in [5.74, 6) is 1.63. The molecule has 84 valence electrons. The first-order valence-electron chi connectivity index (χ1n) is 5.03. The molecule has 0 radical (unpaired) electrons. The second-order valence-corrected chi connectivity index (χ2v) is 3.59. The van der Waals surface area contributed by atoms with Gasteiger partial charge in [-0.25, -0.2) is 0 Å². The maximum Gasteiger partial charge on any atom is 0.292 e. The fraction of sp³-hybridized carbons (Fsp3) is 0.250. The number of anilines is 1. The van der Waals surface area contributed by atoms with E-state index in [0.29, 0.717) is 6.42 Å². The quantitative estimate of drug-likeness (QED) is 0.857. The van der Waals surface area contributed by atoms with E-state index >= 15 is 0 Å². The number of benzene rings is 1. The Bertz CT molecular complexity index is 492. The molecule has 0 unspecified atom stereocenters. The average molecular weight is 218 g/mol. The van der Waals surface area contributed by atoms with Gasteiger partial charge in [-0.15, -0.1) is 0 Å². The van der Waals surface area contributed by atoms with E-state index in [-0.39, 0.29) is 6.01 Å². The van der Waals surface area contributed by atoms with E-state index in [9.17, 15) is 0 Å². The highest BCUT2D eigenvalue weighted by molar-refractivity contribution is 5.32. The van der Waals surface area contributed by atoms with Crippen molar-refractivity contribution >= 4 is 6.01 Å². The summed E-state index contributed by atoms with van der Waals surface area (Å²) in [6.45, 7) is 1.88. The smallest absolute Gasteiger partial charge is 0.292 e. The van der Waals surface area contributed by atoms with Crippen LogP contribution in [0.4, 0.5) is 6.01 Å². The molecule has 4 nitrogen and oxygen atoms in total. The van der Waals surface area contributed by atoms with Gasteiger partial charge in [-0.05, 0) is 24.6 Å². The minimum atomic E-state index is 0.218. The molecule has 16 heavy (non-hydrogen) atoms. The molecule has 2 N–H and O–H groups in total. The molecule has 0 aliphatic rings. The van der Waals surface area contributed by atoms with Crippen LogP contribution in [-0.4, -0.2) is 12.1 Å². The summed E-state index contributed by atoms with van der Waals surface area (Å²) in [5, 5.41) is 0. The molecule has 2 rings (SSSR count). The molecule has 0 amide bonds. The van der Waals surface area contributed by atoms with Crippen LogP contribution in [0.1, 0.15) is 17.0 Å². The van der Waals surface area contributed by atoms with Gasteiger partial charge in [-0.1, -0.05) is 12.1 Å². The van der Waals surface area contributed by atoms with Gasteiger partial charge in [0.05, 0.1) is 12.8 Å². The molecule has 2 aromatic rings. The lowest BCUT2D eigenvalue weighted by atomic mass is 10.1. The first-order valence-corrected chi connectivity index (χ1v) is 5.03. The standard InChI is InChI=1S/C12H14N2O2/c1-8-11(16-12(13)14-8)7-9-4-3-5-10(6-9)15-2/h3-6H,7H2,1-2H3,(H2,13,14). The van der Waals surface area contributed by atoms with E-state index in [2.05, 4.69) is 4.98 Å². The van der Waals surface area contributed by atoms with Gasteiger partial charge in [0.15, 0.2) is 0 Å². The molecule has 0 saturated heterocycles. The molecule has 4 heteroatoms. The average Bonchev–Trinajstić information content (AvgIpc) is 2.58. The summed E-state index contributed by atoms with van der Waals surface area (Å²) in [6, 6.07) is 8.06. The molecule has 0 bridgehead atoms. The van der Waals surface area contributed by atoms with Gasteiger partial charge in [0.1, 0.15) is 11.5 Å². The van der Waals surface area contributed by atoms with E-state index in [1.54, 1.807) is 7.11 Å². The summed E-state index contributed by atoms with van der Waals surface area (Å²) in [5.41, 5.74) is 7.43. The van der Waals surface area contributed by atoms with Crippen LogP contribution in [0.3, 0.4) is 0 Å². The zero-order valence-electron chi connectivity index (χ0n) is 9.36. The number of nitrogen functional groups attached to an aromatic ring is 1. The number of aryl methyl sites for hydroxylation is 1. The minimum absolute atomic E-state index is 0.218. The van der Waals surface area contributed by atoms with Crippen LogP contribution in [0.2, 0.25) is 0 Å². The minimum Gasteiger partial charge on any atom is -0.497 e. The van der Waals surface area contributed by atoms with Gasteiger partial charge < -0.3 is 14.9 Å². The summed E-state index contributed by atoms with van der Waals surface area (Å²) < 4.78 is 10.5. The van der Waals surface area contributed by atoms with Crippen molar-refractivity contribution in [2.75, 3.05) is 12.8 Å². The van der Waals surface area contributed by atoms with Crippen LogP contribution >= 0.6 is 0 Å². The van der Waals surface area contributed by atoms with Crippen LogP contribution in [-0.2, 0) is 6.42 Å². The number of nitrogens with two attached hydrogens (primary N) is 1. The number of hydrogen-bond acceptors (Lipinski definition) is 4. The van der Waals surface area contributed by atoms with E-state index in [4.69, 9.17) is 14.9 Å². The van der Waals surface area contributed by atoms with Crippen LogP contribution in [0.15, 0.2) is 28.7 Å². The number of methoxy groups -OCH3 is 1. The summed E-state index contributed by atoms with van der Waals surface area (Å²) >= 11 is 0. The van der Waals surface area contributed by atoms with E-state index in [1.807, 2.05) is 31.2 Å². The lowest BCUT2D eigenvalue weighted by Crippen LogP contribution is -1.90. The molecule has 1 aromatic carbocycles. The molecule has 0 aliphatic carbocycles. The molecule has 1 heterocycles. The number of rotatable bonds is 3. The van der Waals surface area contributed by atoms with Crippen molar-refractivity contribution in [1.29, 1.82) is 0 Å². The Morgan fingerprint density at radius 2 is 2.25 bits per heavy atom. The number of nitrogens with zero attached hydrogens (tertiary/aromatic N) is 1. The lowest BCUT2D eigenvalue weighted by molar-refractivity contribution is 0.414. The summed E-state index contributed by atoms with van der Waals surface area (Å²) in [6.07, 6.45) is 0.674. The van der Waals surface area contributed by atoms with Crippen LogP contribution in [0.5, 0.6) is 5.75 Å². The largest absolute Gasteiger partial charge is 0.497 e. The molecular weight excluding hydrogens is 204 g/mol.